The summed E-state index contributed by atoms with van der Waals surface area (Å²) in [6, 6.07) is 15.3. The first-order valence-corrected chi connectivity index (χ1v) is 12.4. The van der Waals surface area contributed by atoms with E-state index in [-0.39, 0.29) is 18.6 Å². The number of nitrogens with one attached hydrogen (secondary N) is 2. The topological polar surface area (TPSA) is 111 Å². The van der Waals surface area contributed by atoms with Crippen LogP contribution in [0, 0.1) is 0 Å². The minimum Gasteiger partial charge on any atom is -0.492 e. The van der Waals surface area contributed by atoms with Crippen LogP contribution in [0.2, 0.25) is 0 Å². The Bertz CT molecular complexity index is 947. The maximum absolute atomic E-state index is 11.2. The predicted octanol–water partition coefficient (Wildman–Crippen LogP) is 2.65. The van der Waals surface area contributed by atoms with Crippen molar-refractivity contribution in [2.24, 2.45) is 5.10 Å². The molecule has 0 spiro atoms. The number of carbonyl (C=O) groups is 1. The summed E-state index contributed by atoms with van der Waals surface area (Å²) in [5.74, 6) is 1.40. The van der Waals surface area contributed by atoms with E-state index in [1.165, 1.54) is 0 Å². The van der Waals surface area contributed by atoms with E-state index in [2.05, 4.69) is 15.8 Å². The molecule has 1 aliphatic heterocycles. The lowest BCUT2D eigenvalue weighted by Crippen LogP contribution is -2.33. The summed E-state index contributed by atoms with van der Waals surface area (Å²) in [7, 11) is 0. The van der Waals surface area contributed by atoms with E-state index in [1.807, 2.05) is 62.4 Å². The molecule has 1 heterocycles. The Kier molecular flexibility index (Phi) is 11.7. The van der Waals surface area contributed by atoms with Gasteiger partial charge in [-0.2, -0.15) is 5.10 Å². The van der Waals surface area contributed by atoms with Crippen molar-refractivity contribution in [3.8, 4) is 11.5 Å². The molecule has 0 radical (unpaired) electrons. The Morgan fingerprint density at radius 1 is 0.972 bits per heavy atom. The molecule has 2 aromatic rings. The molecule has 0 aliphatic carbocycles. The molecule has 1 atom stereocenters. The second-order valence-electron chi connectivity index (χ2n) is 8.75. The Hall–Kier alpha value is -2.98. The summed E-state index contributed by atoms with van der Waals surface area (Å²) in [5, 5.41) is 17.4. The quantitative estimate of drug-likeness (QED) is 0.305. The van der Waals surface area contributed by atoms with Crippen LogP contribution in [-0.2, 0) is 20.9 Å². The number of carbonyl (C=O) groups excluding carboxylic acids is 1. The van der Waals surface area contributed by atoms with Gasteiger partial charge in [0.05, 0.1) is 31.6 Å². The van der Waals surface area contributed by atoms with Gasteiger partial charge in [0.1, 0.15) is 30.8 Å². The van der Waals surface area contributed by atoms with Crippen molar-refractivity contribution >= 4 is 11.6 Å². The van der Waals surface area contributed by atoms with Gasteiger partial charge in [-0.25, -0.2) is 5.43 Å². The highest BCUT2D eigenvalue weighted by Gasteiger charge is 2.13. The van der Waals surface area contributed by atoms with Crippen molar-refractivity contribution in [1.29, 1.82) is 0 Å². The summed E-state index contributed by atoms with van der Waals surface area (Å²) < 4.78 is 22.4. The normalized spacial score (nSPS) is 14.3. The standard InChI is InChI=1S/C27H37N3O6/c1-20(2)34-16-15-33-18-21-3-7-25(8-4-21)36-19-23(31)17-28-13-14-35-24-9-5-22(6-10-24)26-11-12-27(32)30-29-26/h3-10,20,23,28,31H,11-19H2,1-2H3,(H,30,32). The van der Waals surface area contributed by atoms with Crippen LogP contribution in [0.4, 0.5) is 0 Å². The van der Waals surface area contributed by atoms with Crippen LogP contribution < -0.4 is 20.2 Å². The number of hydrazone groups is 1. The predicted molar refractivity (Wildman–Crippen MR) is 137 cm³/mol. The molecule has 196 valence electrons. The lowest BCUT2D eigenvalue weighted by molar-refractivity contribution is -0.121. The summed E-state index contributed by atoms with van der Waals surface area (Å²) in [5.41, 5.74) is 5.40. The molecule has 0 saturated carbocycles. The van der Waals surface area contributed by atoms with E-state index in [0.717, 1.165) is 22.6 Å². The Morgan fingerprint density at radius 2 is 1.69 bits per heavy atom. The largest absolute Gasteiger partial charge is 0.492 e. The van der Waals surface area contributed by atoms with Crippen molar-refractivity contribution in [2.45, 2.75) is 45.5 Å². The minimum absolute atomic E-state index is 0.0535. The fourth-order valence-corrected chi connectivity index (χ4v) is 3.40. The van der Waals surface area contributed by atoms with Gasteiger partial charge in [0.25, 0.3) is 0 Å². The van der Waals surface area contributed by atoms with Crippen LogP contribution in [0.15, 0.2) is 53.6 Å². The van der Waals surface area contributed by atoms with E-state index in [0.29, 0.717) is 58.1 Å². The Morgan fingerprint density at radius 3 is 2.39 bits per heavy atom. The Balaban J connectivity index is 1.24. The second kappa shape index (κ2) is 15.2. The third-order valence-electron chi connectivity index (χ3n) is 5.33. The van der Waals surface area contributed by atoms with Gasteiger partial charge in [0.2, 0.25) is 5.91 Å². The first-order valence-electron chi connectivity index (χ1n) is 12.4. The average molecular weight is 500 g/mol. The zero-order valence-corrected chi connectivity index (χ0v) is 21.1. The summed E-state index contributed by atoms with van der Waals surface area (Å²) in [4.78, 5) is 11.2. The average Bonchev–Trinajstić information content (AvgIpc) is 2.88. The van der Waals surface area contributed by atoms with Crippen LogP contribution in [-0.4, -0.2) is 68.5 Å². The molecule has 1 unspecified atom stereocenters. The van der Waals surface area contributed by atoms with Crippen molar-refractivity contribution in [3.63, 3.8) is 0 Å². The molecule has 0 saturated heterocycles. The van der Waals surface area contributed by atoms with Crippen LogP contribution in [0.25, 0.3) is 0 Å². The van der Waals surface area contributed by atoms with E-state index >= 15 is 0 Å². The van der Waals surface area contributed by atoms with Crippen LogP contribution in [0.5, 0.6) is 11.5 Å². The van der Waals surface area contributed by atoms with Crippen molar-refractivity contribution in [2.75, 3.05) is 39.5 Å². The van der Waals surface area contributed by atoms with Crippen LogP contribution in [0.1, 0.15) is 37.8 Å². The molecule has 9 nitrogen and oxygen atoms in total. The third kappa shape index (κ3) is 10.3. The smallest absolute Gasteiger partial charge is 0.240 e. The van der Waals surface area contributed by atoms with Gasteiger partial charge >= 0.3 is 0 Å². The molecule has 1 amide bonds. The number of hydrogen-bond donors (Lipinski definition) is 3. The molecule has 3 N–H and O–H groups in total. The highest BCUT2D eigenvalue weighted by molar-refractivity contribution is 6.04. The van der Waals surface area contributed by atoms with Crippen molar-refractivity contribution in [3.05, 3.63) is 59.7 Å². The highest BCUT2D eigenvalue weighted by atomic mass is 16.5. The molecular formula is C27H37N3O6. The van der Waals surface area contributed by atoms with E-state index < -0.39 is 6.10 Å². The molecule has 1 aliphatic rings. The van der Waals surface area contributed by atoms with E-state index in [9.17, 15) is 9.90 Å². The van der Waals surface area contributed by atoms with Gasteiger partial charge in [-0.05, 0) is 61.4 Å². The molecule has 3 rings (SSSR count). The number of rotatable bonds is 16. The second-order valence-corrected chi connectivity index (χ2v) is 8.75. The SMILES string of the molecule is CC(C)OCCOCc1ccc(OCC(O)CNCCOc2ccc(C3=NNC(=O)CC3)cc2)cc1. The number of amides is 1. The monoisotopic (exact) mass is 499 g/mol. The molecule has 0 bridgehead atoms. The third-order valence-corrected chi connectivity index (χ3v) is 5.33. The zero-order chi connectivity index (χ0) is 25.6. The number of nitrogens with zero attached hydrogens (tertiary/aromatic N) is 1. The van der Waals surface area contributed by atoms with Gasteiger partial charge in [-0.3, -0.25) is 4.79 Å². The molecule has 9 heteroatoms. The number of aliphatic hydroxyl groups excluding tert-OH is 1. The molecule has 36 heavy (non-hydrogen) atoms. The number of hydrogen-bond acceptors (Lipinski definition) is 8. The van der Waals surface area contributed by atoms with Gasteiger partial charge in [0.15, 0.2) is 0 Å². The molecule has 0 fully saturated rings. The zero-order valence-electron chi connectivity index (χ0n) is 21.1. The van der Waals surface area contributed by atoms with Gasteiger partial charge in [-0.1, -0.05) is 12.1 Å². The summed E-state index contributed by atoms with van der Waals surface area (Å²) >= 11 is 0. The highest BCUT2D eigenvalue weighted by Crippen LogP contribution is 2.16. The lowest BCUT2D eigenvalue weighted by atomic mass is 10.0. The fraction of sp³-hybridized carbons (Fsp3) is 0.481. The van der Waals surface area contributed by atoms with Crippen LogP contribution in [0.3, 0.4) is 0 Å². The maximum Gasteiger partial charge on any atom is 0.240 e. The lowest BCUT2D eigenvalue weighted by Gasteiger charge is -2.14. The van der Waals surface area contributed by atoms with E-state index in [4.69, 9.17) is 18.9 Å². The van der Waals surface area contributed by atoms with Gasteiger partial charge < -0.3 is 29.4 Å². The number of aliphatic hydroxyl groups is 1. The van der Waals surface area contributed by atoms with Gasteiger partial charge in [0, 0.05) is 25.9 Å². The van der Waals surface area contributed by atoms with Crippen LogP contribution >= 0.6 is 0 Å². The first kappa shape index (κ1) is 27.6. The molecule has 0 aromatic heterocycles. The van der Waals surface area contributed by atoms with Crippen molar-refractivity contribution in [1.82, 2.24) is 10.7 Å². The number of ether oxygens (including phenoxy) is 4. The minimum atomic E-state index is -0.634. The first-order chi connectivity index (χ1) is 17.5. The Labute approximate surface area is 212 Å². The molecular weight excluding hydrogens is 462 g/mol. The summed E-state index contributed by atoms with van der Waals surface area (Å²) in [6.45, 7) is 7.33. The summed E-state index contributed by atoms with van der Waals surface area (Å²) in [6.07, 6.45) is 0.668. The van der Waals surface area contributed by atoms with E-state index in [1.54, 1.807) is 0 Å². The number of benzene rings is 2. The van der Waals surface area contributed by atoms with Gasteiger partial charge in [-0.15, -0.1) is 0 Å². The molecule has 2 aromatic carbocycles. The maximum atomic E-state index is 11.2. The fourth-order valence-electron chi connectivity index (χ4n) is 3.40. The van der Waals surface area contributed by atoms with Crippen molar-refractivity contribution < 1.29 is 28.8 Å².